The number of amides is 2. The van der Waals surface area contributed by atoms with Gasteiger partial charge in [-0.05, 0) is 75.3 Å². The molecule has 30 heavy (non-hydrogen) atoms. The molecule has 4 aliphatic rings. The van der Waals surface area contributed by atoms with Crippen LogP contribution >= 0.6 is 0 Å². The Morgan fingerprint density at radius 3 is 1.73 bits per heavy atom. The van der Waals surface area contributed by atoms with Crippen LogP contribution < -0.4 is 0 Å². The van der Waals surface area contributed by atoms with Crippen LogP contribution in [0.1, 0.15) is 97.9 Å². The third kappa shape index (κ3) is 3.76. The van der Waals surface area contributed by atoms with Crippen LogP contribution in [0, 0.1) is 11.8 Å². The Morgan fingerprint density at radius 1 is 0.700 bits per heavy atom. The topological polar surface area (TPSA) is 53.5 Å². The van der Waals surface area contributed by atoms with Crippen molar-refractivity contribution >= 4 is 11.8 Å². The molecule has 0 N–H and O–H groups in total. The quantitative estimate of drug-likeness (QED) is 0.726. The summed E-state index contributed by atoms with van der Waals surface area (Å²) in [5.74, 6) is 1.49. The van der Waals surface area contributed by atoms with Gasteiger partial charge in [-0.25, -0.2) is 0 Å². The molecule has 162 valence electrons. The van der Waals surface area contributed by atoms with Gasteiger partial charge >= 0.3 is 0 Å². The highest BCUT2D eigenvalue weighted by Crippen LogP contribution is 2.37. The summed E-state index contributed by atoms with van der Waals surface area (Å²) < 4.78 is 0. The van der Waals surface area contributed by atoms with E-state index in [4.69, 9.17) is 0 Å². The Morgan fingerprint density at radius 2 is 1.23 bits per heavy atom. The SMILES string of the molecule is O=C(c1ccc(C(=O)N2CCCC2C2CCCC2)nc1)N1CCCC1C1CCCC1. The van der Waals surface area contributed by atoms with Crippen molar-refractivity contribution in [1.82, 2.24) is 14.8 Å². The van der Waals surface area contributed by atoms with Crippen molar-refractivity contribution in [3.05, 3.63) is 29.6 Å². The first-order valence-corrected chi connectivity index (χ1v) is 12.3. The minimum absolute atomic E-state index is 0.0494. The Balaban J connectivity index is 1.27. The van der Waals surface area contributed by atoms with Gasteiger partial charge in [0.05, 0.1) is 5.56 Å². The van der Waals surface area contributed by atoms with Crippen LogP contribution in [0.3, 0.4) is 0 Å². The van der Waals surface area contributed by atoms with Crippen molar-refractivity contribution in [3.8, 4) is 0 Å². The zero-order valence-corrected chi connectivity index (χ0v) is 18.1. The van der Waals surface area contributed by atoms with Crippen LogP contribution in [0.5, 0.6) is 0 Å². The summed E-state index contributed by atoms with van der Waals surface area (Å²) in [6.45, 7) is 1.71. The van der Waals surface area contributed by atoms with Gasteiger partial charge in [-0.2, -0.15) is 0 Å². The van der Waals surface area contributed by atoms with E-state index in [0.29, 0.717) is 35.2 Å². The van der Waals surface area contributed by atoms with E-state index in [2.05, 4.69) is 14.8 Å². The lowest BCUT2D eigenvalue weighted by Gasteiger charge is -2.30. The smallest absolute Gasteiger partial charge is 0.272 e. The second kappa shape index (κ2) is 8.68. The predicted molar refractivity (Wildman–Crippen MR) is 116 cm³/mol. The number of nitrogens with zero attached hydrogens (tertiary/aromatic N) is 3. The van der Waals surface area contributed by atoms with Gasteiger partial charge in [-0.3, -0.25) is 14.6 Å². The highest BCUT2D eigenvalue weighted by molar-refractivity contribution is 5.96. The van der Waals surface area contributed by atoms with Crippen LogP contribution in [-0.2, 0) is 0 Å². The first kappa shape index (κ1) is 20.0. The number of likely N-dealkylation sites (tertiary alicyclic amines) is 2. The van der Waals surface area contributed by atoms with Gasteiger partial charge in [0.1, 0.15) is 5.69 Å². The average Bonchev–Trinajstić information content (AvgIpc) is 3.58. The average molecular weight is 410 g/mol. The fraction of sp³-hybridized carbons (Fsp3) is 0.720. The highest BCUT2D eigenvalue weighted by Gasteiger charge is 2.38. The molecule has 2 aliphatic carbocycles. The summed E-state index contributed by atoms with van der Waals surface area (Å²) in [4.78, 5) is 34.9. The number of hydrogen-bond donors (Lipinski definition) is 0. The first-order valence-electron chi connectivity index (χ1n) is 12.3. The molecule has 2 aliphatic heterocycles. The maximum absolute atomic E-state index is 13.2. The van der Waals surface area contributed by atoms with Crippen LogP contribution in [0.4, 0.5) is 0 Å². The molecule has 4 fully saturated rings. The number of pyridine rings is 1. The Labute approximate surface area is 180 Å². The maximum atomic E-state index is 13.2. The van der Waals surface area contributed by atoms with Gasteiger partial charge in [0.2, 0.25) is 0 Å². The van der Waals surface area contributed by atoms with Crippen molar-refractivity contribution in [2.75, 3.05) is 13.1 Å². The van der Waals surface area contributed by atoms with Crippen LogP contribution in [0.25, 0.3) is 0 Å². The summed E-state index contributed by atoms with van der Waals surface area (Å²) in [6, 6.07) is 4.39. The molecular weight excluding hydrogens is 374 g/mol. The first-order chi connectivity index (χ1) is 14.7. The molecule has 0 radical (unpaired) electrons. The van der Waals surface area contributed by atoms with Gasteiger partial charge in [-0.1, -0.05) is 25.7 Å². The Bertz CT molecular complexity index is 700. The summed E-state index contributed by atoms with van der Waals surface area (Å²) in [5, 5.41) is 0. The second-order valence-corrected chi connectivity index (χ2v) is 9.94. The fourth-order valence-electron chi connectivity index (χ4n) is 6.71. The number of hydrogen-bond acceptors (Lipinski definition) is 3. The van der Waals surface area contributed by atoms with Crippen molar-refractivity contribution in [2.24, 2.45) is 11.8 Å². The summed E-state index contributed by atoms with van der Waals surface area (Å²) in [7, 11) is 0. The van der Waals surface area contributed by atoms with Crippen molar-refractivity contribution in [1.29, 1.82) is 0 Å². The van der Waals surface area contributed by atoms with Gasteiger partial charge in [0.25, 0.3) is 11.8 Å². The maximum Gasteiger partial charge on any atom is 0.272 e. The van der Waals surface area contributed by atoms with Crippen LogP contribution in [-0.4, -0.2) is 51.8 Å². The second-order valence-electron chi connectivity index (χ2n) is 9.94. The largest absolute Gasteiger partial charge is 0.335 e. The van der Waals surface area contributed by atoms with Crippen LogP contribution in [0.2, 0.25) is 0 Å². The number of rotatable bonds is 4. The van der Waals surface area contributed by atoms with Crippen molar-refractivity contribution in [3.63, 3.8) is 0 Å². The van der Waals surface area contributed by atoms with Gasteiger partial charge in [-0.15, -0.1) is 0 Å². The molecule has 2 saturated carbocycles. The lowest BCUT2D eigenvalue weighted by atomic mass is 9.95. The van der Waals surface area contributed by atoms with Crippen molar-refractivity contribution < 1.29 is 9.59 Å². The van der Waals surface area contributed by atoms with E-state index >= 15 is 0 Å². The fourth-order valence-corrected chi connectivity index (χ4v) is 6.71. The van der Waals surface area contributed by atoms with Gasteiger partial charge < -0.3 is 9.80 Å². The number of carbonyl (C=O) groups excluding carboxylic acids is 2. The molecule has 3 heterocycles. The van der Waals surface area contributed by atoms with Crippen molar-refractivity contribution in [2.45, 2.75) is 89.1 Å². The molecule has 5 heteroatoms. The van der Waals surface area contributed by atoms with Gasteiger partial charge in [0.15, 0.2) is 0 Å². The molecule has 2 amide bonds. The summed E-state index contributed by atoms with van der Waals surface area (Å²) in [5.41, 5.74) is 1.12. The summed E-state index contributed by atoms with van der Waals surface area (Å²) in [6.07, 6.45) is 16.4. The van der Waals surface area contributed by atoms with E-state index in [9.17, 15) is 9.59 Å². The minimum Gasteiger partial charge on any atom is -0.335 e. The van der Waals surface area contributed by atoms with E-state index in [0.717, 1.165) is 38.8 Å². The molecule has 2 saturated heterocycles. The van der Waals surface area contributed by atoms with Crippen LogP contribution in [0.15, 0.2) is 18.3 Å². The van der Waals surface area contributed by atoms with E-state index in [1.165, 1.54) is 51.4 Å². The third-order valence-electron chi connectivity index (χ3n) is 8.24. The summed E-state index contributed by atoms with van der Waals surface area (Å²) >= 11 is 0. The monoisotopic (exact) mass is 409 g/mol. The number of aromatic nitrogens is 1. The molecule has 5 nitrogen and oxygen atoms in total. The lowest BCUT2D eigenvalue weighted by Crippen LogP contribution is -2.40. The normalized spacial score (nSPS) is 28.0. The lowest BCUT2D eigenvalue weighted by molar-refractivity contribution is 0.0672. The Hall–Kier alpha value is -1.91. The third-order valence-corrected chi connectivity index (χ3v) is 8.24. The standard InChI is InChI=1S/C25H35N3O2/c29-24(27-15-5-11-22(27)18-7-1-2-8-18)20-13-14-21(26-17-20)25(30)28-16-6-12-23(28)19-9-3-4-10-19/h13-14,17-19,22-23H,1-12,15-16H2. The molecule has 1 aromatic heterocycles. The highest BCUT2D eigenvalue weighted by atomic mass is 16.2. The molecule has 2 atom stereocenters. The molecule has 0 aromatic carbocycles. The van der Waals surface area contributed by atoms with E-state index in [-0.39, 0.29) is 11.8 Å². The van der Waals surface area contributed by atoms with E-state index < -0.39 is 0 Å². The van der Waals surface area contributed by atoms with E-state index in [1.54, 1.807) is 12.3 Å². The van der Waals surface area contributed by atoms with E-state index in [1.807, 2.05) is 6.07 Å². The Kier molecular flexibility index (Phi) is 5.79. The zero-order chi connectivity index (χ0) is 20.5. The molecule has 0 spiro atoms. The molecule has 0 bridgehead atoms. The molecule has 5 rings (SSSR count). The van der Waals surface area contributed by atoms with Gasteiger partial charge in [0, 0.05) is 31.4 Å². The number of carbonyl (C=O) groups is 2. The minimum atomic E-state index is 0.0494. The molecular formula is C25H35N3O2. The zero-order valence-electron chi connectivity index (χ0n) is 18.1. The molecule has 1 aromatic rings. The molecule has 2 unspecified atom stereocenters. The predicted octanol–water partition coefficient (Wildman–Crippen LogP) is 4.67.